The molecule has 2 aromatic rings. The summed E-state index contributed by atoms with van der Waals surface area (Å²) in [6.07, 6.45) is 0.0312. The molecular formula is C34H49N3O6. The molecule has 0 fully saturated rings. The molecule has 0 aromatic heterocycles. The van der Waals surface area contributed by atoms with Crippen LogP contribution in [0.25, 0.3) is 0 Å². The highest BCUT2D eigenvalue weighted by Gasteiger charge is 2.37. The molecule has 43 heavy (non-hydrogen) atoms. The number of esters is 1. The summed E-state index contributed by atoms with van der Waals surface area (Å²) in [5.41, 5.74) is 1.69. The van der Waals surface area contributed by atoms with Crippen LogP contribution in [0.5, 0.6) is 0 Å². The van der Waals surface area contributed by atoms with Gasteiger partial charge in [-0.2, -0.15) is 0 Å². The van der Waals surface area contributed by atoms with E-state index in [0.29, 0.717) is 12.0 Å². The van der Waals surface area contributed by atoms with Gasteiger partial charge in [0.15, 0.2) is 0 Å². The van der Waals surface area contributed by atoms with Gasteiger partial charge < -0.3 is 25.0 Å². The van der Waals surface area contributed by atoms with Crippen LogP contribution in [0.1, 0.15) is 90.1 Å². The van der Waals surface area contributed by atoms with Crippen molar-refractivity contribution in [2.24, 2.45) is 0 Å². The lowest BCUT2D eigenvalue weighted by Crippen LogP contribution is -2.54. The van der Waals surface area contributed by atoms with Gasteiger partial charge in [-0.3, -0.25) is 9.59 Å². The van der Waals surface area contributed by atoms with Gasteiger partial charge in [-0.1, -0.05) is 61.0 Å². The van der Waals surface area contributed by atoms with E-state index in [1.807, 2.05) is 69.3 Å². The molecule has 0 spiro atoms. The van der Waals surface area contributed by atoms with Gasteiger partial charge in [-0.25, -0.2) is 9.59 Å². The van der Waals surface area contributed by atoms with Gasteiger partial charge in [-0.05, 0) is 85.4 Å². The van der Waals surface area contributed by atoms with Crippen LogP contribution in [-0.2, 0) is 30.3 Å². The maximum absolute atomic E-state index is 14.3. The molecule has 3 amide bonds. The molecular weight excluding hydrogens is 546 g/mol. The van der Waals surface area contributed by atoms with E-state index in [1.54, 1.807) is 48.5 Å². The zero-order chi connectivity index (χ0) is 32.5. The van der Waals surface area contributed by atoms with E-state index in [-0.39, 0.29) is 13.0 Å². The second-order valence-electron chi connectivity index (χ2n) is 12.9. The summed E-state index contributed by atoms with van der Waals surface area (Å²) in [5, 5.41) is 5.52. The topological polar surface area (TPSA) is 114 Å². The summed E-state index contributed by atoms with van der Waals surface area (Å²) in [4.78, 5) is 55.6. The van der Waals surface area contributed by atoms with E-state index in [9.17, 15) is 19.2 Å². The van der Waals surface area contributed by atoms with E-state index in [2.05, 4.69) is 10.6 Å². The number of amides is 3. The molecule has 0 heterocycles. The summed E-state index contributed by atoms with van der Waals surface area (Å²) in [7, 11) is 0. The maximum atomic E-state index is 14.3. The number of nitrogens with zero attached hydrogens (tertiary/aromatic N) is 1. The highest BCUT2D eigenvalue weighted by molar-refractivity contribution is 5.94. The van der Waals surface area contributed by atoms with E-state index < -0.39 is 53.2 Å². The van der Waals surface area contributed by atoms with Crippen molar-refractivity contribution < 1.29 is 28.7 Å². The van der Waals surface area contributed by atoms with Crippen LogP contribution in [0.4, 0.5) is 4.79 Å². The highest BCUT2D eigenvalue weighted by Crippen LogP contribution is 2.27. The lowest BCUT2D eigenvalue weighted by atomic mass is 9.95. The third-order valence-corrected chi connectivity index (χ3v) is 6.43. The largest absolute Gasteiger partial charge is 0.458 e. The summed E-state index contributed by atoms with van der Waals surface area (Å²) >= 11 is 0. The molecule has 3 unspecified atom stereocenters. The van der Waals surface area contributed by atoms with E-state index in [1.165, 1.54) is 4.90 Å². The van der Waals surface area contributed by atoms with Crippen LogP contribution >= 0.6 is 0 Å². The van der Waals surface area contributed by atoms with Crippen molar-refractivity contribution in [1.82, 2.24) is 15.5 Å². The predicted molar refractivity (Wildman–Crippen MR) is 167 cm³/mol. The van der Waals surface area contributed by atoms with E-state index in [4.69, 9.17) is 9.47 Å². The molecule has 0 aliphatic rings. The van der Waals surface area contributed by atoms with Gasteiger partial charge >= 0.3 is 12.1 Å². The van der Waals surface area contributed by atoms with Crippen molar-refractivity contribution in [3.63, 3.8) is 0 Å². The number of aryl methyl sites for hydroxylation is 2. The zero-order valence-electron chi connectivity index (χ0n) is 27.4. The Bertz CT molecular complexity index is 1260. The Morgan fingerprint density at radius 1 is 0.860 bits per heavy atom. The van der Waals surface area contributed by atoms with Gasteiger partial charge in [0.25, 0.3) is 0 Å². The summed E-state index contributed by atoms with van der Waals surface area (Å²) in [6, 6.07) is 12.0. The van der Waals surface area contributed by atoms with E-state index >= 15 is 0 Å². The molecule has 0 aliphatic heterocycles. The fraction of sp³-hybridized carbons (Fsp3) is 0.529. The lowest BCUT2D eigenvalue weighted by Gasteiger charge is -2.35. The fourth-order valence-electron chi connectivity index (χ4n) is 4.57. The number of hydrogen-bond acceptors (Lipinski definition) is 6. The fourth-order valence-corrected chi connectivity index (χ4v) is 4.57. The SMILES string of the molecule is CCCN(C(=O)C(C)NC(=O)OC(C)(C)C)C(C(=O)NC(Cc1ccccc1)C(=O)OC(C)(C)C)c1cc(C)ccc1C. The van der Waals surface area contributed by atoms with Gasteiger partial charge in [-0.15, -0.1) is 0 Å². The molecule has 0 saturated carbocycles. The van der Waals surface area contributed by atoms with Crippen LogP contribution in [0.15, 0.2) is 48.5 Å². The number of rotatable bonds is 11. The van der Waals surface area contributed by atoms with Crippen molar-refractivity contribution in [3.05, 3.63) is 70.8 Å². The third-order valence-electron chi connectivity index (χ3n) is 6.43. The van der Waals surface area contributed by atoms with Crippen molar-refractivity contribution in [2.75, 3.05) is 6.54 Å². The van der Waals surface area contributed by atoms with Crippen molar-refractivity contribution in [3.8, 4) is 0 Å². The second-order valence-corrected chi connectivity index (χ2v) is 12.9. The van der Waals surface area contributed by atoms with Gasteiger partial charge in [0.05, 0.1) is 0 Å². The number of carbonyl (C=O) groups excluding carboxylic acids is 4. The molecule has 9 heteroatoms. The van der Waals surface area contributed by atoms with Gasteiger partial charge in [0.2, 0.25) is 11.8 Å². The Labute approximate surface area is 256 Å². The Hall–Kier alpha value is -3.88. The number of nitrogens with one attached hydrogen (secondary N) is 2. The third kappa shape index (κ3) is 11.4. The quantitative estimate of drug-likeness (QED) is 0.329. The number of alkyl carbamates (subject to hydrolysis) is 1. The average molecular weight is 596 g/mol. The minimum absolute atomic E-state index is 0.208. The van der Waals surface area contributed by atoms with Crippen LogP contribution in [0.3, 0.4) is 0 Å². The minimum atomic E-state index is -1.07. The molecule has 2 N–H and O–H groups in total. The van der Waals surface area contributed by atoms with Crippen LogP contribution in [-0.4, -0.2) is 58.6 Å². The monoisotopic (exact) mass is 595 g/mol. The smallest absolute Gasteiger partial charge is 0.408 e. The Morgan fingerprint density at radius 2 is 1.47 bits per heavy atom. The first-order valence-corrected chi connectivity index (χ1v) is 14.9. The standard InChI is InChI=1S/C34H49N3O6/c1-11-19-37(30(39)24(4)35-32(41)43-34(8,9)10)28(26-20-22(2)17-18-23(26)3)29(38)36-27(31(40)42-33(5,6)7)21-25-15-13-12-14-16-25/h12-18,20,24,27-28H,11,19,21H2,1-10H3,(H,35,41)(H,36,38). The van der Waals surface area contributed by atoms with Crippen molar-refractivity contribution in [1.29, 1.82) is 0 Å². The molecule has 2 aromatic carbocycles. The lowest BCUT2D eigenvalue weighted by molar-refractivity contribution is -0.159. The van der Waals surface area contributed by atoms with Crippen LogP contribution in [0, 0.1) is 13.8 Å². The van der Waals surface area contributed by atoms with Gasteiger partial charge in [0, 0.05) is 13.0 Å². The average Bonchev–Trinajstić information content (AvgIpc) is 2.88. The number of carbonyl (C=O) groups is 4. The molecule has 0 bridgehead atoms. The predicted octanol–water partition coefficient (Wildman–Crippen LogP) is 5.57. The first-order valence-electron chi connectivity index (χ1n) is 14.9. The highest BCUT2D eigenvalue weighted by atomic mass is 16.6. The minimum Gasteiger partial charge on any atom is -0.458 e. The first kappa shape index (κ1) is 35.3. The normalized spacial score (nSPS) is 13.7. The molecule has 0 radical (unpaired) electrons. The zero-order valence-corrected chi connectivity index (χ0v) is 27.4. The number of ether oxygens (including phenoxy) is 2. The molecule has 2 rings (SSSR count). The Kier molecular flexibility index (Phi) is 12.3. The Morgan fingerprint density at radius 3 is 2.02 bits per heavy atom. The van der Waals surface area contributed by atoms with Crippen molar-refractivity contribution in [2.45, 2.75) is 111 Å². The second kappa shape index (κ2) is 15.0. The number of benzene rings is 2. The summed E-state index contributed by atoms with van der Waals surface area (Å²) in [6.45, 7) is 18.0. The first-order chi connectivity index (χ1) is 19.9. The van der Waals surface area contributed by atoms with E-state index in [0.717, 1.165) is 16.7 Å². The molecule has 0 saturated heterocycles. The molecule has 3 atom stereocenters. The summed E-state index contributed by atoms with van der Waals surface area (Å²) in [5.74, 6) is -1.55. The molecule has 9 nitrogen and oxygen atoms in total. The summed E-state index contributed by atoms with van der Waals surface area (Å²) < 4.78 is 11.0. The number of hydrogen-bond donors (Lipinski definition) is 2. The molecule has 236 valence electrons. The molecule has 0 aliphatic carbocycles. The van der Waals surface area contributed by atoms with Crippen molar-refractivity contribution >= 4 is 23.9 Å². The van der Waals surface area contributed by atoms with Gasteiger partial charge in [0.1, 0.15) is 29.3 Å². The van der Waals surface area contributed by atoms with Crippen LogP contribution in [0.2, 0.25) is 0 Å². The maximum Gasteiger partial charge on any atom is 0.408 e. The van der Waals surface area contributed by atoms with Crippen LogP contribution < -0.4 is 10.6 Å². The Balaban J connectivity index is 2.54.